The average Bonchev–Trinajstić information content (AvgIpc) is 3.41. The van der Waals surface area contributed by atoms with E-state index in [9.17, 15) is 4.79 Å². The number of aryl methyl sites for hydroxylation is 2. The van der Waals surface area contributed by atoms with E-state index in [2.05, 4.69) is 25.6 Å². The molecule has 0 aliphatic rings. The second-order valence-corrected chi connectivity index (χ2v) is 7.32. The first-order valence-corrected chi connectivity index (χ1v) is 9.46. The molecule has 1 aromatic carbocycles. The lowest BCUT2D eigenvalue weighted by molar-refractivity contribution is 0.102. The summed E-state index contributed by atoms with van der Waals surface area (Å²) < 4.78 is 3.59. The van der Waals surface area contributed by atoms with Crippen LogP contribution in [0.25, 0.3) is 27.7 Å². The van der Waals surface area contributed by atoms with Gasteiger partial charge in [-0.3, -0.25) is 19.2 Å². The van der Waals surface area contributed by atoms with Crippen LogP contribution in [-0.2, 0) is 7.05 Å². The molecule has 4 aromatic heterocycles. The minimum atomic E-state index is -0.272. The molecule has 5 aromatic rings. The highest BCUT2D eigenvalue weighted by atomic mass is 32.1. The monoisotopic (exact) mass is 389 g/mol. The largest absolute Gasteiger partial charge is 0.298 e. The van der Waals surface area contributed by atoms with E-state index in [0.29, 0.717) is 16.3 Å². The van der Waals surface area contributed by atoms with Gasteiger partial charge in [-0.25, -0.2) is 4.98 Å². The topological polar surface area (TPSA) is 90.0 Å². The molecule has 28 heavy (non-hydrogen) atoms. The number of aromatic nitrogens is 6. The van der Waals surface area contributed by atoms with Crippen molar-refractivity contribution in [2.45, 2.75) is 6.92 Å². The Morgan fingerprint density at radius 3 is 3.00 bits per heavy atom. The third-order valence-electron chi connectivity index (χ3n) is 4.55. The van der Waals surface area contributed by atoms with Crippen molar-refractivity contribution in [1.29, 1.82) is 0 Å². The van der Waals surface area contributed by atoms with Crippen LogP contribution in [0.4, 0.5) is 5.13 Å². The van der Waals surface area contributed by atoms with Gasteiger partial charge in [0.1, 0.15) is 6.33 Å². The Morgan fingerprint density at radius 2 is 2.18 bits per heavy atom. The maximum Gasteiger partial charge on any atom is 0.261 e. The van der Waals surface area contributed by atoms with Gasteiger partial charge in [0, 0.05) is 35.1 Å². The summed E-state index contributed by atoms with van der Waals surface area (Å²) in [6.07, 6.45) is 5.34. The summed E-state index contributed by atoms with van der Waals surface area (Å²) in [7, 11) is 1.90. The third kappa shape index (κ3) is 2.64. The van der Waals surface area contributed by atoms with Gasteiger partial charge in [0.15, 0.2) is 10.8 Å². The van der Waals surface area contributed by atoms with Gasteiger partial charge < -0.3 is 0 Å². The second kappa shape index (κ2) is 6.24. The van der Waals surface area contributed by atoms with E-state index >= 15 is 0 Å². The fraction of sp³-hybridized carbons (Fsp3) is 0.105. The smallest absolute Gasteiger partial charge is 0.261 e. The second-order valence-electron chi connectivity index (χ2n) is 6.46. The van der Waals surface area contributed by atoms with Gasteiger partial charge in [-0.2, -0.15) is 5.10 Å². The van der Waals surface area contributed by atoms with Crippen molar-refractivity contribution in [2.75, 3.05) is 5.32 Å². The molecule has 0 radical (unpaired) electrons. The number of fused-ring (bicyclic) bond motifs is 2. The van der Waals surface area contributed by atoms with Crippen LogP contribution >= 0.6 is 11.3 Å². The van der Waals surface area contributed by atoms with Crippen molar-refractivity contribution < 1.29 is 4.79 Å². The van der Waals surface area contributed by atoms with Crippen molar-refractivity contribution in [3.05, 3.63) is 59.6 Å². The van der Waals surface area contributed by atoms with E-state index in [4.69, 9.17) is 0 Å². The van der Waals surface area contributed by atoms with E-state index in [0.717, 1.165) is 27.7 Å². The number of para-hydroxylation sites is 1. The maximum absolute atomic E-state index is 13.0. The Hall–Kier alpha value is -3.59. The highest BCUT2D eigenvalue weighted by Crippen LogP contribution is 2.30. The highest BCUT2D eigenvalue weighted by Gasteiger charge is 2.18. The van der Waals surface area contributed by atoms with E-state index in [-0.39, 0.29) is 5.91 Å². The van der Waals surface area contributed by atoms with Crippen molar-refractivity contribution in [3.63, 3.8) is 0 Å². The van der Waals surface area contributed by atoms with E-state index in [1.807, 2.05) is 60.7 Å². The zero-order chi connectivity index (χ0) is 19.3. The Bertz CT molecular complexity index is 1350. The zero-order valence-corrected chi connectivity index (χ0v) is 15.9. The number of carbonyl (C=O) groups is 1. The molecule has 5 rings (SSSR count). The molecule has 0 aliphatic carbocycles. The lowest BCUT2D eigenvalue weighted by Crippen LogP contribution is -2.13. The SMILES string of the molecule is Cc1csc(NC(=O)c2cc(-c3cccc4cnn(C)c34)cn3cnnc23)n1. The number of thiazole rings is 1. The number of pyridine rings is 1. The standard InChI is InChI=1S/C19H15N7OS/c1-11-9-28-19(22-11)23-18(27)15-6-13(8-26-10-20-24-17(15)26)14-5-3-4-12-7-21-25(2)16(12)14/h3-10H,1-2H3,(H,22,23,27). The molecule has 8 nitrogen and oxygen atoms in total. The van der Waals surface area contributed by atoms with Crippen molar-refractivity contribution in [1.82, 2.24) is 29.4 Å². The number of carbonyl (C=O) groups excluding carboxylic acids is 1. The summed E-state index contributed by atoms with van der Waals surface area (Å²) in [6, 6.07) is 7.85. The van der Waals surface area contributed by atoms with Gasteiger partial charge in [0.05, 0.1) is 23.0 Å². The van der Waals surface area contributed by atoms with Crippen LogP contribution in [0.3, 0.4) is 0 Å². The first kappa shape index (κ1) is 16.6. The number of hydrogen-bond acceptors (Lipinski definition) is 6. The molecule has 0 spiro atoms. The number of anilines is 1. The van der Waals surface area contributed by atoms with Crippen LogP contribution in [0.15, 0.2) is 48.4 Å². The van der Waals surface area contributed by atoms with Crippen LogP contribution in [0.1, 0.15) is 16.1 Å². The molecular weight excluding hydrogens is 374 g/mol. The van der Waals surface area contributed by atoms with Crippen molar-refractivity contribution in [2.24, 2.45) is 7.05 Å². The van der Waals surface area contributed by atoms with Gasteiger partial charge >= 0.3 is 0 Å². The normalized spacial score (nSPS) is 11.4. The minimum absolute atomic E-state index is 0.272. The molecule has 0 unspecified atom stereocenters. The van der Waals surface area contributed by atoms with Crippen LogP contribution in [-0.4, -0.2) is 35.3 Å². The van der Waals surface area contributed by atoms with Crippen LogP contribution < -0.4 is 5.32 Å². The number of benzene rings is 1. The van der Waals surface area contributed by atoms with Gasteiger partial charge in [-0.05, 0) is 13.0 Å². The number of amides is 1. The average molecular weight is 389 g/mol. The van der Waals surface area contributed by atoms with Gasteiger partial charge in [-0.1, -0.05) is 18.2 Å². The lowest BCUT2D eigenvalue weighted by Gasteiger charge is -2.09. The molecule has 0 saturated heterocycles. The van der Waals surface area contributed by atoms with Crippen LogP contribution in [0.2, 0.25) is 0 Å². The fourth-order valence-electron chi connectivity index (χ4n) is 3.29. The molecule has 0 fully saturated rings. The van der Waals surface area contributed by atoms with Crippen LogP contribution in [0.5, 0.6) is 0 Å². The van der Waals surface area contributed by atoms with E-state index < -0.39 is 0 Å². The Morgan fingerprint density at radius 1 is 1.29 bits per heavy atom. The van der Waals surface area contributed by atoms with Gasteiger partial charge in [-0.15, -0.1) is 21.5 Å². The van der Waals surface area contributed by atoms with Crippen LogP contribution in [0, 0.1) is 6.92 Å². The van der Waals surface area contributed by atoms with Crippen molar-refractivity contribution >= 4 is 38.9 Å². The lowest BCUT2D eigenvalue weighted by atomic mass is 10.0. The summed E-state index contributed by atoms with van der Waals surface area (Å²) in [4.78, 5) is 17.3. The Balaban J connectivity index is 1.67. The Labute approximate surface area is 163 Å². The number of hydrogen-bond donors (Lipinski definition) is 1. The molecular formula is C19H15N7OS. The molecule has 0 bridgehead atoms. The predicted molar refractivity (Wildman–Crippen MR) is 107 cm³/mol. The molecule has 9 heteroatoms. The Kier molecular flexibility index (Phi) is 3.69. The molecule has 0 saturated carbocycles. The number of nitrogens with zero attached hydrogens (tertiary/aromatic N) is 6. The van der Waals surface area contributed by atoms with Gasteiger partial charge in [0.25, 0.3) is 5.91 Å². The quantitative estimate of drug-likeness (QED) is 0.511. The molecule has 4 heterocycles. The van der Waals surface area contributed by atoms with Gasteiger partial charge in [0.2, 0.25) is 0 Å². The zero-order valence-electron chi connectivity index (χ0n) is 15.1. The highest BCUT2D eigenvalue weighted by molar-refractivity contribution is 7.13. The summed E-state index contributed by atoms with van der Waals surface area (Å²) in [5.41, 5.74) is 4.64. The third-order valence-corrected chi connectivity index (χ3v) is 5.42. The minimum Gasteiger partial charge on any atom is -0.298 e. The first-order valence-electron chi connectivity index (χ1n) is 8.58. The fourth-order valence-corrected chi connectivity index (χ4v) is 3.98. The summed E-state index contributed by atoms with van der Waals surface area (Å²) in [6.45, 7) is 1.89. The number of rotatable bonds is 3. The summed E-state index contributed by atoms with van der Waals surface area (Å²) in [5, 5.41) is 18.8. The summed E-state index contributed by atoms with van der Waals surface area (Å²) >= 11 is 1.39. The molecule has 0 aliphatic heterocycles. The molecule has 138 valence electrons. The molecule has 1 N–H and O–H groups in total. The maximum atomic E-state index is 13.0. The first-order chi connectivity index (χ1) is 13.6. The van der Waals surface area contributed by atoms with E-state index in [1.54, 1.807) is 10.7 Å². The van der Waals surface area contributed by atoms with E-state index in [1.165, 1.54) is 11.3 Å². The summed E-state index contributed by atoms with van der Waals surface area (Å²) in [5.74, 6) is -0.272. The predicted octanol–water partition coefficient (Wildman–Crippen LogP) is 3.30. The molecule has 0 atom stereocenters. The van der Waals surface area contributed by atoms with Crippen molar-refractivity contribution in [3.8, 4) is 11.1 Å². The number of nitrogens with one attached hydrogen (secondary N) is 1. The molecule has 1 amide bonds.